The number of likely N-dealkylation sites (N-methyl/N-ethyl adjacent to an activating group) is 1. The number of rotatable bonds is 4. The minimum atomic E-state index is 0.681. The molecule has 1 atom stereocenters. The van der Waals surface area contributed by atoms with Crippen LogP contribution in [-0.2, 0) is 13.1 Å². The smallest absolute Gasteiger partial charge is 0.0223 e. The molecule has 1 saturated heterocycles. The molecule has 0 saturated carbocycles. The monoisotopic (exact) mass is 207 g/mol. The number of hydrogen-bond acceptors (Lipinski definition) is 2. The van der Waals surface area contributed by atoms with Crippen LogP contribution < -0.4 is 5.32 Å². The van der Waals surface area contributed by atoms with Gasteiger partial charge in [-0.1, -0.05) is 0 Å². The van der Waals surface area contributed by atoms with E-state index in [0.717, 1.165) is 13.1 Å². The van der Waals surface area contributed by atoms with Crippen molar-refractivity contribution in [2.24, 2.45) is 0 Å². The van der Waals surface area contributed by atoms with Crippen molar-refractivity contribution in [1.82, 2.24) is 14.8 Å². The van der Waals surface area contributed by atoms with Gasteiger partial charge in [0.05, 0.1) is 0 Å². The fourth-order valence-electron chi connectivity index (χ4n) is 2.16. The minimum absolute atomic E-state index is 0.681. The summed E-state index contributed by atoms with van der Waals surface area (Å²) in [6.45, 7) is 6.66. The van der Waals surface area contributed by atoms with Crippen LogP contribution in [0.2, 0.25) is 0 Å². The molecule has 1 aliphatic rings. The minimum Gasteiger partial charge on any atom is -0.354 e. The molecular formula is C12H21N3. The van der Waals surface area contributed by atoms with Gasteiger partial charge in [-0.25, -0.2) is 0 Å². The molecule has 15 heavy (non-hydrogen) atoms. The lowest BCUT2D eigenvalue weighted by Gasteiger charge is -2.11. The molecule has 0 spiro atoms. The first kappa shape index (κ1) is 10.7. The van der Waals surface area contributed by atoms with E-state index in [-0.39, 0.29) is 0 Å². The van der Waals surface area contributed by atoms with Gasteiger partial charge in [0.15, 0.2) is 0 Å². The van der Waals surface area contributed by atoms with Crippen LogP contribution in [0, 0.1) is 0 Å². The molecule has 3 nitrogen and oxygen atoms in total. The Labute approximate surface area is 92.1 Å². The molecule has 84 valence electrons. The molecule has 0 radical (unpaired) electrons. The van der Waals surface area contributed by atoms with Crippen molar-refractivity contribution in [1.29, 1.82) is 0 Å². The van der Waals surface area contributed by atoms with Crippen LogP contribution in [0.1, 0.15) is 18.9 Å². The predicted octanol–water partition coefficient (Wildman–Crippen LogP) is 1.30. The second kappa shape index (κ2) is 4.81. The molecule has 2 heterocycles. The molecule has 3 heteroatoms. The molecule has 1 fully saturated rings. The van der Waals surface area contributed by atoms with Crippen molar-refractivity contribution in [3.05, 3.63) is 24.0 Å². The van der Waals surface area contributed by atoms with Crippen LogP contribution in [0.5, 0.6) is 0 Å². The van der Waals surface area contributed by atoms with Crippen molar-refractivity contribution in [2.45, 2.75) is 32.5 Å². The molecule has 2 rings (SSSR count). The van der Waals surface area contributed by atoms with E-state index in [4.69, 9.17) is 0 Å². The summed E-state index contributed by atoms with van der Waals surface area (Å²) in [4.78, 5) is 2.38. The number of nitrogens with one attached hydrogen (secondary N) is 1. The zero-order valence-electron chi connectivity index (χ0n) is 9.74. The molecule has 1 aromatic heterocycles. The summed E-state index contributed by atoms with van der Waals surface area (Å²) in [6.07, 6.45) is 5.66. The molecule has 0 aromatic carbocycles. The van der Waals surface area contributed by atoms with Crippen LogP contribution in [0.4, 0.5) is 0 Å². The Kier molecular flexibility index (Phi) is 3.44. The van der Waals surface area contributed by atoms with E-state index in [2.05, 4.69) is 47.2 Å². The summed E-state index contributed by atoms with van der Waals surface area (Å²) in [5.74, 6) is 0. The number of likely N-dealkylation sites (tertiary alicyclic amines) is 1. The van der Waals surface area contributed by atoms with Crippen molar-refractivity contribution in [2.75, 3.05) is 20.1 Å². The largest absolute Gasteiger partial charge is 0.354 e. The van der Waals surface area contributed by atoms with E-state index in [1.54, 1.807) is 0 Å². The second-order valence-corrected chi connectivity index (χ2v) is 4.48. The van der Waals surface area contributed by atoms with Gasteiger partial charge in [0.1, 0.15) is 0 Å². The highest BCUT2D eigenvalue weighted by atomic mass is 15.2. The third-order valence-electron chi connectivity index (χ3n) is 3.16. The Balaban J connectivity index is 1.77. The topological polar surface area (TPSA) is 20.2 Å². The average Bonchev–Trinajstić information content (AvgIpc) is 2.83. The third kappa shape index (κ3) is 2.83. The molecule has 0 bridgehead atoms. The van der Waals surface area contributed by atoms with E-state index in [9.17, 15) is 0 Å². The van der Waals surface area contributed by atoms with Crippen LogP contribution in [0.15, 0.2) is 18.5 Å². The van der Waals surface area contributed by atoms with Gasteiger partial charge < -0.3 is 14.8 Å². The number of nitrogens with zero attached hydrogens (tertiary/aromatic N) is 2. The van der Waals surface area contributed by atoms with Crippen LogP contribution >= 0.6 is 0 Å². The van der Waals surface area contributed by atoms with Gasteiger partial charge in [-0.05, 0) is 38.6 Å². The Bertz CT molecular complexity index is 306. The highest BCUT2D eigenvalue weighted by Gasteiger charge is 2.18. The normalized spacial score (nSPS) is 22.4. The van der Waals surface area contributed by atoms with Gasteiger partial charge in [-0.3, -0.25) is 0 Å². The summed E-state index contributed by atoms with van der Waals surface area (Å²) >= 11 is 0. The zero-order chi connectivity index (χ0) is 10.7. The first-order chi connectivity index (χ1) is 7.28. The third-order valence-corrected chi connectivity index (χ3v) is 3.16. The van der Waals surface area contributed by atoms with Crippen LogP contribution in [0.3, 0.4) is 0 Å². The predicted molar refractivity (Wildman–Crippen MR) is 62.8 cm³/mol. The summed E-state index contributed by atoms with van der Waals surface area (Å²) in [7, 11) is 2.19. The Morgan fingerprint density at radius 2 is 2.40 bits per heavy atom. The maximum atomic E-state index is 3.61. The molecular weight excluding hydrogens is 186 g/mol. The lowest BCUT2D eigenvalue weighted by Crippen LogP contribution is -2.30. The maximum absolute atomic E-state index is 3.61. The van der Waals surface area contributed by atoms with Crippen LogP contribution in [-0.4, -0.2) is 35.6 Å². The maximum Gasteiger partial charge on any atom is 0.0223 e. The van der Waals surface area contributed by atoms with Crippen LogP contribution in [0.25, 0.3) is 0 Å². The Morgan fingerprint density at radius 3 is 3.00 bits per heavy atom. The summed E-state index contributed by atoms with van der Waals surface area (Å²) < 4.78 is 2.22. The summed E-state index contributed by atoms with van der Waals surface area (Å²) in [5, 5.41) is 3.61. The first-order valence-electron chi connectivity index (χ1n) is 5.84. The van der Waals surface area contributed by atoms with E-state index in [1.807, 2.05) is 0 Å². The van der Waals surface area contributed by atoms with Crippen molar-refractivity contribution < 1.29 is 0 Å². The van der Waals surface area contributed by atoms with Gasteiger partial charge in [0.25, 0.3) is 0 Å². The van der Waals surface area contributed by atoms with Gasteiger partial charge in [0, 0.05) is 38.1 Å². The summed E-state index contributed by atoms with van der Waals surface area (Å²) in [5.41, 5.74) is 1.39. The van der Waals surface area contributed by atoms with Crippen molar-refractivity contribution in [3.63, 3.8) is 0 Å². The van der Waals surface area contributed by atoms with Gasteiger partial charge in [0.2, 0.25) is 0 Å². The fraction of sp³-hybridized carbons (Fsp3) is 0.667. The SMILES string of the molecule is CCn1ccc(CNC2CCN(C)C2)c1. The Morgan fingerprint density at radius 1 is 1.53 bits per heavy atom. The Hall–Kier alpha value is -0.800. The zero-order valence-corrected chi connectivity index (χ0v) is 9.74. The molecule has 1 aromatic rings. The second-order valence-electron chi connectivity index (χ2n) is 4.48. The summed E-state index contributed by atoms with van der Waals surface area (Å²) in [6, 6.07) is 2.88. The number of hydrogen-bond donors (Lipinski definition) is 1. The van der Waals surface area contributed by atoms with E-state index >= 15 is 0 Å². The molecule has 1 unspecified atom stereocenters. The van der Waals surface area contributed by atoms with E-state index < -0.39 is 0 Å². The van der Waals surface area contributed by atoms with Crippen molar-refractivity contribution in [3.8, 4) is 0 Å². The fourth-order valence-corrected chi connectivity index (χ4v) is 2.16. The number of aryl methyl sites for hydroxylation is 1. The lowest BCUT2D eigenvalue weighted by molar-refractivity contribution is 0.397. The van der Waals surface area contributed by atoms with E-state index in [1.165, 1.54) is 25.1 Å². The average molecular weight is 207 g/mol. The van der Waals surface area contributed by atoms with Crippen molar-refractivity contribution >= 4 is 0 Å². The quantitative estimate of drug-likeness (QED) is 0.803. The van der Waals surface area contributed by atoms with E-state index in [0.29, 0.717) is 6.04 Å². The van der Waals surface area contributed by atoms with Gasteiger partial charge in [-0.2, -0.15) is 0 Å². The van der Waals surface area contributed by atoms with Gasteiger partial charge in [-0.15, -0.1) is 0 Å². The van der Waals surface area contributed by atoms with Gasteiger partial charge >= 0.3 is 0 Å². The molecule has 1 aliphatic heterocycles. The number of aromatic nitrogens is 1. The highest BCUT2D eigenvalue weighted by Crippen LogP contribution is 2.08. The molecule has 0 aliphatic carbocycles. The molecule has 0 amide bonds. The first-order valence-corrected chi connectivity index (χ1v) is 5.84. The standard InChI is InChI=1S/C12H21N3/c1-3-15-7-4-11(9-15)8-13-12-5-6-14(2)10-12/h4,7,9,12-13H,3,5-6,8,10H2,1-2H3. The lowest BCUT2D eigenvalue weighted by atomic mass is 10.2. The highest BCUT2D eigenvalue weighted by molar-refractivity contribution is 5.10. The molecule has 1 N–H and O–H groups in total.